The van der Waals surface area contributed by atoms with Gasteiger partial charge >= 0.3 is 0 Å². The summed E-state index contributed by atoms with van der Waals surface area (Å²) in [6.45, 7) is 0. The van der Waals surface area contributed by atoms with Crippen molar-refractivity contribution in [3.05, 3.63) is 46.2 Å². The number of nitrogens with zero attached hydrogens (tertiary/aromatic N) is 2. The summed E-state index contributed by atoms with van der Waals surface area (Å²) in [5.41, 5.74) is 1.68. The second-order valence-corrected chi connectivity index (χ2v) is 5.20. The number of hydrogen-bond acceptors (Lipinski definition) is 1. The van der Waals surface area contributed by atoms with Gasteiger partial charge in [0.1, 0.15) is 16.7 Å². The summed E-state index contributed by atoms with van der Waals surface area (Å²) < 4.78 is 28.0. The lowest BCUT2D eigenvalue weighted by molar-refractivity contribution is 0.573. The molecule has 0 unspecified atom stereocenters. The van der Waals surface area contributed by atoms with Crippen molar-refractivity contribution in [3.8, 4) is 5.69 Å². The van der Waals surface area contributed by atoms with Gasteiger partial charge in [-0.15, -0.1) is 11.6 Å². The number of hydrogen-bond donors (Lipinski definition) is 0. The Bertz CT molecular complexity index is 636. The highest BCUT2D eigenvalue weighted by Gasteiger charge is 2.31. The molecule has 1 aliphatic rings. The molecule has 0 spiro atoms. The van der Waals surface area contributed by atoms with Crippen LogP contribution >= 0.6 is 23.2 Å². The lowest BCUT2D eigenvalue weighted by Gasteiger charge is -2.04. The van der Waals surface area contributed by atoms with Crippen molar-refractivity contribution in [2.24, 2.45) is 0 Å². The molecule has 0 N–H and O–H groups in total. The van der Waals surface area contributed by atoms with Gasteiger partial charge in [-0.05, 0) is 25.0 Å². The number of rotatable bonds is 3. The van der Waals surface area contributed by atoms with E-state index in [1.54, 1.807) is 0 Å². The fraction of sp³-hybridized carbons (Fsp3) is 0.308. The van der Waals surface area contributed by atoms with E-state index in [4.69, 9.17) is 23.2 Å². The first-order valence-electron chi connectivity index (χ1n) is 5.90. The zero-order chi connectivity index (χ0) is 13.6. The largest absolute Gasteiger partial charge is 0.219 e. The molecule has 0 saturated heterocycles. The average Bonchev–Trinajstić information content (AvgIpc) is 3.15. The van der Waals surface area contributed by atoms with E-state index in [0.717, 1.165) is 30.2 Å². The van der Waals surface area contributed by atoms with Crippen LogP contribution < -0.4 is 0 Å². The van der Waals surface area contributed by atoms with E-state index in [1.165, 1.54) is 16.8 Å². The molecule has 2 nitrogen and oxygen atoms in total. The Morgan fingerprint density at radius 3 is 2.63 bits per heavy atom. The van der Waals surface area contributed by atoms with E-state index >= 15 is 0 Å². The van der Waals surface area contributed by atoms with Crippen molar-refractivity contribution in [2.45, 2.75) is 24.6 Å². The molecule has 0 bridgehead atoms. The summed E-state index contributed by atoms with van der Waals surface area (Å²) in [5, 5.41) is 4.64. The molecule has 1 heterocycles. The maximum atomic E-state index is 13.8. The van der Waals surface area contributed by atoms with E-state index in [1.807, 2.05) is 0 Å². The number of aromatic nitrogens is 2. The SMILES string of the molecule is Fc1ccc(-n2nc(C3CC3)c(CCl)c2Cl)c(F)c1. The summed E-state index contributed by atoms with van der Waals surface area (Å²) in [6.07, 6.45) is 2.09. The van der Waals surface area contributed by atoms with Gasteiger partial charge in [0.05, 0.1) is 11.6 Å². The number of alkyl halides is 1. The van der Waals surface area contributed by atoms with Crippen LogP contribution in [0.1, 0.15) is 30.0 Å². The third-order valence-electron chi connectivity index (χ3n) is 3.19. The van der Waals surface area contributed by atoms with Crippen molar-refractivity contribution in [2.75, 3.05) is 0 Å². The third kappa shape index (κ3) is 2.23. The fourth-order valence-electron chi connectivity index (χ4n) is 2.07. The van der Waals surface area contributed by atoms with Crippen LogP contribution in [-0.2, 0) is 5.88 Å². The van der Waals surface area contributed by atoms with Crippen molar-refractivity contribution < 1.29 is 8.78 Å². The van der Waals surface area contributed by atoms with Crippen LogP contribution in [0.2, 0.25) is 5.15 Å². The second-order valence-electron chi connectivity index (χ2n) is 4.57. The van der Waals surface area contributed by atoms with Crippen LogP contribution in [0.15, 0.2) is 18.2 Å². The average molecular weight is 303 g/mol. The van der Waals surface area contributed by atoms with Crippen LogP contribution in [0, 0.1) is 11.6 Å². The van der Waals surface area contributed by atoms with Gasteiger partial charge in [-0.3, -0.25) is 0 Å². The molecule has 2 aromatic rings. The van der Waals surface area contributed by atoms with Crippen molar-refractivity contribution in [1.29, 1.82) is 0 Å². The maximum Gasteiger partial charge on any atom is 0.151 e. The van der Waals surface area contributed by atoms with Gasteiger partial charge in [0, 0.05) is 17.5 Å². The highest BCUT2D eigenvalue weighted by Crippen LogP contribution is 2.43. The van der Waals surface area contributed by atoms with Crippen LogP contribution in [0.4, 0.5) is 8.78 Å². The van der Waals surface area contributed by atoms with E-state index in [2.05, 4.69) is 5.10 Å². The normalized spacial score (nSPS) is 14.9. The van der Waals surface area contributed by atoms with Crippen molar-refractivity contribution >= 4 is 23.2 Å². The van der Waals surface area contributed by atoms with Crippen LogP contribution in [-0.4, -0.2) is 9.78 Å². The predicted octanol–water partition coefficient (Wildman–Crippen LogP) is 4.42. The molecule has 0 atom stereocenters. The van der Waals surface area contributed by atoms with Gasteiger partial charge in [0.2, 0.25) is 0 Å². The van der Waals surface area contributed by atoms with Gasteiger partial charge < -0.3 is 0 Å². The topological polar surface area (TPSA) is 17.8 Å². The number of halogens is 4. The van der Waals surface area contributed by atoms with Gasteiger partial charge in [0.25, 0.3) is 0 Å². The minimum Gasteiger partial charge on any atom is -0.219 e. The standard InChI is InChI=1S/C13H10Cl2F2N2/c14-6-9-12(7-1-2-7)18-19(13(9)15)11-4-3-8(16)5-10(11)17/h3-5,7H,1-2,6H2. The smallest absolute Gasteiger partial charge is 0.151 e. The molecular weight excluding hydrogens is 293 g/mol. The third-order valence-corrected chi connectivity index (χ3v) is 3.84. The molecule has 100 valence electrons. The highest BCUT2D eigenvalue weighted by atomic mass is 35.5. The first kappa shape index (κ1) is 12.9. The lowest BCUT2D eigenvalue weighted by Crippen LogP contribution is -2.01. The van der Waals surface area contributed by atoms with E-state index in [0.29, 0.717) is 11.1 Å². The zero-order valence-electron chi connectivity index (χ0n) is 9.84. The first-order chi connectivity index (χ1) is 9.11. The maximum absolute atomic E-state index is 13.8. The van der Waals surface area contributed by atoms with Crippen molar-refractivity contribution in [1.82, 2.24) is 9.78 Å². The first-order valence-corrected chi connectivity index (χ1v) is 6.81. The molecule has 1 aromatic carbocycles. The Labute approximate surface area is 118 Å². The van der Waals surface area contributed by atoms with Gasteiger partial charge in [-0.1, -0.05) is 11.6 Å². The molecule has 1 fully saturated rings. The Kier molecular flexibility index (Phi) is 3.23. The van der Waals surface area contributed by atoms with Gasteiger partial charge in [-0.2, -0.15) is 5.10 Å². The highest BCUT2D eigenvalue weighted by molar-refractivity contribution is 6.31. The number of benzene rings is 1. The van der Waals surface area contributed by atoms with Crippen LogP contribution in [0.3, 0.4) is 0 Å². The fourth-order valence-corrected chi connectivity index (χ4v) is 2.69. The van der Waals surface area contributed by atoms with Crippen LogP contribution in [0.5, 0.6) is 0 Å². The zero-order valence-corrected chi connectivity index (χ0v) is 11.3. The summed E-state index contributed by atoms with van der Waals surface area (Å²) in [4.78, 5) is 0. The van der Waals surface area contributed by atoms with E-state index in [9.17, 15) is 8.78 Å². The second kappa shape index (κ2) is 4.76. The van der Waals surface area contributed by atoms with E-state index in [-0.39, 0.29) is 11.6 Å². The minimum absolute atomic E-state index is 0.129. The Hall–Kier alpha value is -1.13. The molecule has 1 aliphatic carbocycles. The molecule has 1 saturated carbocycles. The van der Waals surface area contributed by atoms with E-state index < -0.39 is 11.6 Å². The Balaban J connectivity index is 2.14. The molecular formula is C13H10Cl2F2N2. The predicted molar refractivity (Wildman–Crippen MR) is 70.0 cm³/mol. The lowest BCUT2D eigenvalue weighted by atomic mass is 10.2. The molecule has 0 aliphatic heterocycles. The van der Waals surface area contributed by atoms with Crippen LogP contribution in [0.25, 0.3) is 5.69 Å². The molecule has 19 heavy (non-hydrogen) atoms. The molecule has 0 radical (unpaired) electrons. The van der Waals surface area contributed by atoms with Gasteiger partial charge in [-0.25, -0.2) is 13.5 Å². The summed E-state index contributed by atoms with van der Waals surface area (Å²) in [5.74, 6) is -0.749. The molecule has 1 aromatic heterocycles. The quantitative estimate of drug-likeness (QED) is 0.767. The van der Waals surface area contributed by atoms with Gasteiger partial charge in [0.15, 0.2) is 5.82 Å². The minimum atomic E-state index is -0.701. The monoisotopic (exact) mass is 302 g/mol. The Morgan fingerprint density at radius 2 is 2.05 bits per heavy atom. The summed E-state index contributed by atoms with van der Waals surface area (Å²) >= 11 is 12.1. The molecule has 0 amide bonds. The molecule has 6 heteroatoms. The van der Waals surface area contributed by atoms with Crippen molar-refractivity contribution in [3.63, 3.8) is 0 Å². The molecule has 3 rings (SSSR count). The summed E-state index contributed by atoms with van der Waals surface area (Å²) in [7, 11) is 0. The Morgan fingerprint density at radius 1 is 1.32 bits per heavy atom. The summed E-state index contributed by atoms with van der Waals surface area (Å²) in [6, 6.07) is 3.30.